The molecule has 0 spiro atoms. The molecule has 55 heavy (non-hydrogen) atoms. The third-order valence-corrected chi connectivity index (χ3v) is 9.40. The number of allylic oxidation sites excluding steroid dienone is 10. The van der Waals surface area contributed by atoms with E-state index in [4.69, 9.17) is 18.9 Å². The quantitative estimate of drug-likeness (QED) is 0.0216. The number of aliphatic hydroxyl groups excluding tert-OH is 4. The SMILES string of the molecule is CCCCC/C=C/C/C=C/C/C=C/CCCCC(=O)O[C@@H](COC(=O)CCCCCCC/C=C/C=C/CCCCCC)CO[C@H]1O[C@@H](CO)[C@@H](O)C(O)C1O. The highest BCUT2D eigenvalue weighted by Gasteiger charge is 2.44. The van der Waals surface area contributed by atoms with E-state index in [2.05, 4.69) is 74.6 Å². The highest BCUT2D eigenvalue weighted by molar-refractivity contribution is 5.70. The van der Waals surface area contributed by atoms with E-state index < -0.39 is 55.4 Å². The molecule has 6 atom stereocenters. The molecule has 0 amide bonds. The summed E-state index contributed by atoms with van der Waals surface area (Å²) in [6, 6.07) is 0. The maximum absolute atomic E-state index is 12.7. The van der Waals surface area contributed by atoms with Crippen LogP contribution >= 0.6 is 0 Å². The van der Waals surface area contributed by atoms with Gasteiger partial charge in [-0.3, -0.25) is 9.59 Å². The molecule has 1 rings (SSSR count). The Balaban J connectivity index is 2.41. The van der Waals surface area contributed by atoms with Crippen molar-refractivity contribution in [2.24, 2.45) is 0 Å². The molecule has 10 nitrogen and oxygen atoms in total. The van der Waals surface area contributed by atoms with Gasteiger partial charge in [0.25, 0.3) is 0 Å². The minimum atomic E-state index is -1.61. The summed E-state index contributed by atoms with van der Waals surface area (Å²) in [5, 5.41) is 40.0. The predicted octanol–water partition coefficient (Wildman–Crippen LogP) is 8.66. The fraction of sp³-hybridized carbons (Fsp3) is 0.733. The number of rotatable bonds is 34. The number of hydrogen-bond donors (Lipinski definition) is 4. The van der Waals surface area contributed by atoms with Crippen LogP contribution in [0.4, 0.5) is 0 Å². The minimum absolute atomic E-state index is 0.175. The average molecular weight is 777 g/mol. The summed E-state index contributed by atoms with van der Waals surface area (Å²) in [7, 11) is 0. The second-order valence-corrected chi connectivity index (χ2v) is 14.5. The topological polar surface area (TPSA) is 152 Å². The maximum Gasteiger partial charge on any atom is 0.306 e. The Bertz CT molecular complexity index is 1080. The standard InChI is InChI=1S/C45H76O10/c1-3-5-7-9-11-13-15-17-19-21-23-25-27-29-31-33-40(47)52-36-38(37-53-45-44(51)43(50)42(49)39(35-46)55-45)54-41(48)34-32-30-28-26-24-22-20-18-16-14-12-10-8-6-4-2/h12-15,17-20,24,26,38-39,42-46,49-51H,3-11,16,21-23,25,27-37H2,1-2H3/b14-12+,15-13+,19-17+,20-18+,26-24+/t38-,39-,42+,43?,44?,45-/m0/s1. The lowest BCUT2D eigenvalue weighted by Gasteiger charge is -2.39. The van der Waals surface area contributed by atoms with E-state index in [1.165, 1.54) is 44.9 Å². The third-order valence-electron chi connectivity index (χ3n) is 9.40. The van der Waals surface area contributed by atoms with Gasteiger partial charge in [0.05, 0.1) is 13.2 Å². The van der Waals surface area contributed by atoms with Gasteiger partial charge in [-0.1, -0.05) is 126 Å². The minimum Gasteiger partial charge on any atom is -0.462 e. The molecule has 2 unspecified atom stereocenters. The second kappa shape index (κ2) is 35.8. The Morgan fingerprint density at radius 1 is 0.582 bits per heavy atom. The number of esters is 2. The van der Waals surface area contributed by atoms with Gasteiger partial charge in [0.1, 0.15) is 31.0 Å². The van der Waals surface area contributed by atoms with Crippen LogP contribution in [0, 0.1) is 0 Å². The van der Waals surface area contributed by atoms with E-state index in [-0.39, 0.29) is 26.1 Å². The lowest BCUT2D eigenvalue weighted by molar-refractivity contribution is -0.305. The highest BCUT2D eigenvalue weighted by Crippen LogP contribution is 2.22. The molecule has 4 N–H and O–H groups in total. The van der Waals surface area contributed by atoms with Crippen molar-refractivity contribution < 1.29 is 49.0 Å². The van der Waals surface area contributed by atoms with Gasteiger partial charge in [-0.05, 0) is 77.0 Å². The first kappa shape index (κ1) is 50.4. The number of ether oxygens (including phenoxy) is 4. The van der Waals surface area contributed by atoms with Crippen LogP contribution in [0.15, 0.2) is 60.8 Å². The number of carbonyl (C=O) groups is 2. The van der Waals surface area contributed by atoms with E-state index in [0.29, 0.717) is 12.8 Å². The molecule has 1 aliphatic rings. The van der Waals surface area contributed by atoms with Gasteiger partial charge in [0.2, 0.25) is 0 Å². The highest BCUT2D eigenvalue weighted by atomic mass is 16.7. The molecule has 0 aromatic carbocycles. The summed E-state index contributed by atoms with van der Waals surface area (Å²) in [5.74, 6) is -0.875. The van der Waals surface area contributed by atoms with E-state index in [1.807, 2.05) is 0 Å². The van der Waals surface area contributed by atoms with Crippen LogP contribution in [0.1, 0.15) is 155 Å². The van der Waals surface area contributed by atoms with Crippen LogP contribution in [0.2, 0.25) is 0 Å². The maximum atomic E-state index is 12.7. The Hall–Kier alpha value is -2.60. The number of hydrogen-bond acceptors (Lipinski definition) is 10. The molecule has 0 aromatic rings. The van der Waals surface area contributed by atoms with Crippen molar-refractivity contribution in [1.29, 1.82) is 0 Å². The lowest BCUT2D eigenvalue weighted by Crippen LogP contribution is -2.59. The summed E-state index contributed by atoms with van der Waals surface area (Å²) < 4.78 is 22.1. The van der Waals surface area contributed by atoms with Crippen LogP contribution < -0.4 is 0 Å². The molecule has 316 valence electrons. The molecule has 0 radical (unpaired) electrons. The van der Waals surface area contributed by atoms with Gasteiger partial charge in [-0.2, -0.15) is 0 Å². The summed E-state index contributed by atoms with van der Waals surface area (Å²) in [6.07, 6.45) is 35.1. The summed E-state index contributed by atoms with van der Waals surface area (Å²) in [5.41, 5.74) is 0. The van der Waals surface area contributed by atoms with Crippen molar-refractivity contribution in [3.8, 4) is 0 Å². The van der Waals surface area contributed by atoms with Crippen molar-refractivity contribution in [2.45, 2.75) is 192 Å². The molecule has 1 fully saturated rings. The number of carbonyl (C=O) groups excluding carboxylic acids is 2. The van der Waals surface area contributed by atoms with Crippen LogP contribution in [0.3, 0.4) is 0 Å². The first-order valence-corrected chi connectivity index (χ1v) is 21.4. The molecule has 1 aliphatic heterocycles. The number of aliphatic hydroxyl groups is 4. The zero-order valence-electron chi connectivity index (χ0n) is 34.2. The Morgan fingerprint density at radius 2 is 1.07 bits per heavy atom. The van der Waals surface area contributed by atoms with Crippen LogP contribution in [-0.4, -0.2) is 89.0 Å². The first-order chi connectivity index (χ1) is 26.8. The Labute approximate surface area is 332 Å². The smallest absolute Gasteiger partial charge is 0.306 e. The monoisotopic (exact) mass is 777 g/mol. The molecule has 10 heteroatoms. The molecule has 1 heterocycles. The van der Waals surface area contributed by atoms with Gasteiger partial charge in [-0.15, -0.1) is 0 Å². The molecular weight excluding hydrogens is 700 g/mol. The molecule has 1 saturated heterocycles. The summed E-state index contributed by atoms with van der Waals surface area (Å²) >= 11 is 0. The van der Waals surface area contributed by atoms with Crippen molar-refractivity contribution in [1.82, 2.24) is 0 Å². The van der Waals surface area contributed by atoms with Gasteiger partial charge in [-0.25, -0.2) is 0 Å². The second-order valence-electron chi connectivity index (χ2n) is 14.5. The van der Waals surface area contributed by atoms with Gasteiger partial charge < -0.3 is 39.4 Å². The average Bonchev–Trinajstić information content (AvgIpc) is 3.18. The first-order valence-electron chi connectivity index (χ1n) is 21.4. The Morgan fingerprint density at radius 3 is 1.71 bits per heavy atom. The van der Waals surface area contributed by atoms with Crippen LogP contribution in [-0.2, 0) is 28.5 Å². The van der Waals surface area contributed by atoms with Crippen LogP contribution in [0.25, 0.3) is 0 Å². The van der Waals surface area contributed by atoms with Gasteiger partial charge in [0.15, 0.2) is 12.4 Å². The van der Waals surface area contributed by atoms with Crippen molar-refractivity contribution in [3.63, 3.8) is 0 Å². The number of unbranched alkanes of at least 4 members (excludes halogenated alkanes) is 14. The summed E-state index contributed by atoms with van der Waals surface area (Å²) in [6.45, 7) is 3.30. The van der Waals surface area contributed by atoms with Crippen molar-refractivity contribution >= 4 is 11.9 Å². The van der Waals surface area contributed by atoms with Crippen molar-refractivity contribution in [3.05, 3.63) is 60.8 Å². The molecular formula is C45H76O10. The molecule has 0 aromatic heterocycles. The lowest BCUT2D eigenvalue weighted by atomic mass is 9.99. The van der Waals surface area contributed by atoms with Crippen LogP contribution in [0.5, 0.6) is 0 Å². The van der Waals surface area contributed by atoms with E-state index >= 15 is 0 Å². The molecule has 0 saturated carbocycles. The molecule has 0 aliphatic carbocycles. The van der Waals surface area contributed by atoms with Gasteiger partial charge >= 0.3 is 11.9 Å². The third kappa shape index (κ3) is 27.6. The fourth-order valence-corrected chi connectivity index (χ4v) is 5.95. The fourth-order valence-electron chi connectivity index (χ4n) is 5.95. The Kier molecular flexibility index (Phi) is 32.8. The van der Waals surface area contributed by atoms with E-state index in [9.17, 15) is 30.0 Å². The summed E-state index contributed by atoms with van der Waals surface area (Å²) in [4.78, 5) is 25.3. The normalized spacial score (nSPS) is 21.2. The van der Waals surface area contributed by atoms with Crippen molar-refractivity contribution in [2.75, 3.05) is 19.8 Å². The zero-order valence-corrected chi connectivity index (χ0v) is 34.2. The largest absolute Gasteiger partial charge is 0.462 e. The molecule has 0 bridgehead atoms. The van der Waals surface area contributed by atoms with E-state index in [0.717, 1.165) is 70.6 Å². The zero-order chi connectivity index (χ0) is 40.2. The predicted molar refractivity (Wildman–Crippen MR) is 219 cm³/mol. The van der Waals surface area contributed by atoms with Gasteiger partial charge in [0, 0.05) is 12.8 Å². The van der Waals surface area contributed by atoms with E-state index in [1.54, 1.807) is 0 Å².